The normalized spacial score (nSPS) is 22.3. The number of carbonyl (C=O) groups excluding carboxylic acids is 1. The number of hydrogen-bond acceptors (Lipinski definition) is 2. The van der Waals surface area contributed by atoms with Crippen molar-refractivity contribution in [1.29, 1.82) is 0 Å². The van der Waals surface area contributed by atoms with Gasteiger partial charge in [-0.15, -0.1) is 0 Å². The fourth-order valence-electron chi connectivity index (χ4n) is 2.57. The van der Waals surface area contributed by atoms with Crippen molar-refractivity contribution < 1.29 is 23.5 Å². The summed E-state index contributed by atoms with van der Waals surface area (Å²) in [5.74, 6) is -4.97. The molecule has 1 amide bonds. The van der Waals surface area contributed by atoms with Gasteiger partial charge in [-0.1, -0.05) is 18.9 Å². The third kappa shape index (κ3) is 2.95. The van der Waals surface area contributed by atoms with Crippen LogP contribution < -0.4 is 5.32 Å². The number of hydrogen-bond donors (Lipinski definition) is 2. The first-order chi connectivity index (χ1) is 9.50. The number of nitrogens with one attached hydrogen (secondary N) is 1. The molecular formula is C14H15F2NO3. The maximum atomic E-state index is 13.5. The van der Waals surface area contributed by atoms with Gasteiger partial charge in [-0.25, -0.2) is 8.78 Å². The zero-order valence-electron chi connectivity index (χ0n) is 10.7. The molecule has 0 bridgehead atoms. The Labute approximate surface area is 114 Å². The summed E-state index contributed by atoms with van der Waals surface area (Å²) in [7, 11) is 0. The van der Waals surface area contributed by atoms with Gasteiger partial charge in [-0.2, -0.15) is 0 Å². The summed E-state index contributed by atoms with van der Waals surface area (Å²) < 4.78 is 26.9. The Bertz CT molecular complexity index is 513. The van der Waals surface area contributed by atoms with Crippen molar-refractivity contribution in [3.63, 3.8) is 0 Å². The van der Waals surface area contributed by atoms with Crippen LogP contribution in [0.4, 0.5) is 14.5 Å². The fraction of sp³-hybridized carbons (Fsp3) is 0.429. The Kier molecular flexibility index (Phi) is 4.32. The molecule has 2 atom stereocenters. The van der Waals surface area contributed by atoms with Crippen LogP contribution in [-0.2, 0) is 9.59 Å². The number of carboxylic acid groups (broad SMARTS) is 1. The summed E-state index contributed by atoms with van der Waals surface area (Å²) in [5.41, 5.74) is -0.521. The van der Waals surface area contributed by atoms with Gasteiger partial charge in [0, 0.05) is 0 Å². The zero-order chi connectivity index (χ0) is 14.7. The highest BCUT2D eigenvalue weighted by atomic mass is 19.1. The molecule has 20 heavy (non-hydrogen) atoms. The summed E-state index contributed by atoms with van der Waals surface area (Å²) in [5, 5.41) is 11.3. The minimum atomic E-state index is -1.04. The van der Waals surface area contributed by atoms with E-state index in [2.05, 4.69) is 5.32 Å². The molecule has 2 N–H and O–H groups in total. The molecule has 108 valence electrons. The van der Waals surface area contributed by atoms with Crippen LogP contribution in [0.5, 0.6) is 0 Å². The minimum Gasteiger partial charge on any atom is -0.481 e. The molecule has 2 rings (SSSR count). The number of amides is 1. The molecule has 1 aliphatic rings. The first-order valence-electron chi connectivity index (χ1n) is 6.48. The second kappa shape index (κ2) is 5.98. The summed E-state index contributed by atoms with van der Waals surface area (Å²) in [6.07, 6.45) is 2.31. The Morgan fingerprint density at radius 1 is 1.10 bits per heavy atom. The summed E-state index contributed by atoms with van der Waals surface area (Å²) in [4.78, 5) is 23.2. The fourth-order valence-corrected chi connectivity index (χ4v) is 2.57. The number of para-hydroxylation sites is 1. The number of carboxylic acids is 1. The van der Waals surface area contributed by atoms with Gasteiger partial charge in [0.15, 0.2) is 0 Å². The number of rotatable bonds is 3. The highest BCUT2D eigenvalue weighted by molar-refractivity contribution is 5.95. The van der Waals surface area contributed by atoms with Gasteiger partial charge in [-0.3, -0.25) is 9.59 Å². The molecule has 1 fully saturated rings. The van der Waals surface area contributed by atoms with Gasteiger partial charge >= 0.3 is 5.97 Å². The summed E-state index contributed by atoms with van der Waals surface area (Å²) in [6, 6.07) is 3.27. The van der Waals surface area contributed by atoms with Crippen LogP contribution in [0.25, 0.3) is 0 Å². The average Bonchev–Trinajstić information content (AvgIpc) is 2.43. The van der Waals surface area contributed by atoms with E-state index in [9.17, 15) is 18.4 Å². The van der Waals surface area contributed by atoms with E-state index in [0.29, 0.717) is 12.8 Å². The molecule has 1 aromatic carbocycles. The molecule has 0 aliphatic heterocycles. The van der Waals surface area contributed by atoms with Crippen LogP contribution in [0.3, 0.4) is 0 Å². The van der Waals surface area contributed by atoms with E-state index in [1.54, 1.807) is 0 Å². The lowest BCUT2D eigenvalue weighted by Gasteiger charge is -2.27. The van der Waals surface area contributed by atoms with Gasteiger partial charge in [-0.05, 0) is 25.0 Å². The maximum Gasteiger partial charge on any atom is 0.307 e. The first kappa shape index (κ1) is 14.4. The zero-order valence-corrected chi connectivity index (χ0v) is 10.7. The van der Waals surface area contributed by atoms with Gasteiger partial charge in [0.1, 0.15) is 17.3 Å². The van der Waals surface area contributed by atoms with E-state index in [4.69, 9.17) is 5.11 Å². The van der Waals surface area contributed by atoms with Gasteiger partial charge < -0.3 is 10.4 Å². The molecule has 1 aliphatic carbocycles. The average molecular weight is 283 g/mol. The molecule has 0 unspecified atom stereocenters. The Balaban J connectivity index is 2.16. The van der Waals surface area contributed by atoms with Crippen molar-refractivity contribution in [2.24, 2.45) is 11.8 Å². The highest BCUT2D eigenvalue weighted by Gasteiger charge is 2.36. The summed E-state index contributed by atoms with van der Waals surface area (Å²) >= 11 is 0. The van der Waals surface area contributed by atoms with Gasteiger partial charge in [0.05, 0.1) is 11.8 Å². The third-order valence-corrected chi connectivity index (χ3v) is 3.63. The Hall–Kier alpha value is -1.98. The molecule has 0 radical (unpaired) electrons. The van der Waals surface area contributed by atoms with Crippen LogP contribution in [0.2, 0.25) is 0 Å². The number of anilines is 1. The van der Waals surface area contributed by atoms with Crippen molar-refractivity contribution >= 4 is 17.6 Å². The monoisotopic (exact) mass is 283 g/mol. The van der Waals surface area contributed by atoms with Crippen LogP contribution in [0.15, 0.2) is 18.2 Å². The van der Waals surface area contributed by atoms with Gasteiger partial charge in [0.25, 0.3) is 0 Å². The van der Waals surface area contributed by atoms with E-state index in [-0.39, 0.29) is 0 Å². The second-order valence-corrected chi connectivity index (χ2v) is 4.92. The SMILES string of the molecule is O=C(O)[C@H]1CCCC[C@H]1C(=O)Nc1c(F)cccc1F. The third-order valence-electron chi connectivity index (χ3n) is 3.63. The predicted molar refractivity (Wildman–Crippen MR) is 68.1 cm³/mol. The molecule has 4 nitrogen and oxygen atoms in total. The molecule has 0 aromatic heterocycles. The van der Waals surface area contributed by atoms with E-state index >= 15 is 0 Å². The molecule has 1 aromatic rings. The lowest BCUT2D eigenvalue weighted by atomic mass is 9.78. The molecule has 0 heterocycles. The van der Waals surface area contributed by atoms with E-state index in [1.807, 2.05) is 0 Å². The number of halogens is 2. The topological polar surface area (TPSA) is 66.4 Å². The summed E-state index contributed by atoms with van der Waals surface area (Å²) in [6.45, 7) is 0. The quantitative estimate of drug-likeness (QED) is 0.896. The van der Waals surface area contributed by atoms with Crippen LogP contribution in [0, 0.1) is 23.5 Å². The first-order valence-corrected chi connectivity index (χ1v) is 6.48. The van der Waals surface area contributed by atoms with Crippen molar-refractivity contribution in [3.05, 3.63) is 29.8 Å². The van der Waals surface area contributed by atoms with Crippen molar-refractivity contribution in [3.8, 4) is 0 Å². The molecule has 0 spiro atoms. The van der Waals surface area contributed by atoms with Crippen molar-refractivity contribution in [1.82, 2.24) is 0 Å². The number of carbonyl (C=O) groups is 2. The largest absolute Gasteiger partial charge is 0.481 e. The molecular weight excluding hydrogens is 268 g/mol. The van der Waals surface area contributed by atoms with E-state index in [1.165, 1.54) is 6.07 Å². The molecule has 1 saturated carbocycles. The second-order valence-electron chi connectivity index (χ2n) is 4.92. The molecule has 6 heteroatoms. The predicted octanol–water partition coefficient (Wildman–Crippen LogP) is 2.79. The number of benzene rings is 1. The highest BCUT2D eigenvalue weighted by Crippen LogP contribution is 2.31. The number of aliphatic carboxylic acids is 1. The minimum absolute atomic E-state index is 0.410. The van der Waals surface area contributed by atoms with Crippen LogP contribution >= 0.6 is 0 Å². The van der Waals surface area contributed by atoms with Gasteiger partial charge in [0.2, 0.25) is 5.91 Å². The Morgan fingerprint density at radius 2 is 1.65 bits per heavy atom. The van der Waals surface area contributed by atoms with Crippen LogP contribution in [0.1, 0.15) is 25.7 Å². The van der Waals surface area contributed by atoms with Crippen molar-refractivity contribution in [2.75, 3.05) is 5.32 Å². The van der Waals surface area contributed by atoms with Crippen molar-refractivity contribution in [2.45, 2.75) is 25.7 Å². The Morgan fingerprint density at radius 3 is 2.20 bits per heavy atom. The van der Waals surface area contributed by atoms with E-state index < -0.39 is 41.0 Å². The lowest BCUT2D eigenvalue weighted by Crippen LogP contribution is -2.36. The lowest BCUT2D eigenvalue weighted by molar-refractivity contribution is -0.147. The van der Waals surface area contributed by atoms with Crippen LogP contribution in [-0.4, -0.2) is 17.0 Å². The smallest absolute Gasteiger partial charge is 0.307 e. The molecule has 0 saturated heterocycles. The maximum absolute atomic E-state index is 13.5. The standard InChI is InChI=1S/C14H15F2NO3/c15-10-6-3-7-11(16)12(10)17-13(18)8-4-1-2-5-9(8)14(19)20/h3,6-9H,1-2,4-5H2,(H,17,18)(H,19,20)/t8-,9+/m1/s1. The van der Waals surface area contributed by atoms with E-state index in [0.717, 1.165) is 25.0 Å².